The summed E-state index contributed by atoms with van der Waals surface area (Å²) in [6.45, 7) is 0. The van der Waals surface area contributed by atoms with Gasteiger partial charge in [0.15, 0.2) is 17.9 Å². The molecule has 5 heteroatoms. The molecule has 0 spiro atoms. The molecule has 0 saturated heterocycles. The van der Waals surface area contributed by atoms with Crippen LogP contribution < -0.4 is 4.74 Å². The Balaban J connectivity index is 3.42. The second kappa shape index (κ2) is 3.87. The maximum absolute atomic E-state index is 13.3. The van der Waals surface area contributed by atoms with Crippen molar-refractivity contribution in [3.8, 4) is 5.75 Å². The van der Waals surface area contributed by atoms with Crippen molar-refractivity contribution in [2.75, 3.05) is 7.11 Å². The summed E-state index contributed by atoms with van der Waals surface area (Å²) in [4.78, 5) is 20.9. The third-order valence-corrected chi connectivity index (χ3v) is 1.69. The molecule has 0 aliphatic heterocycles. The van der Waals surface area contributed by atoms with Gasteiger partial charge in [0.2, 0.25) is 0 Å². The first kappa shape index (κ1) is 10.2. The van der Waals surface area contributed by atoms with Gasteiger partial charge in [0, 0.05) is 0 Å². The molecular formula is C9H7FO4. The minimum absolute atomic E-state index is 0.0185. The highest BCUT2D eigenvalue weighted by atomic mass is 19.1. The van der Waals surface area contributed by atoms with Crippen LogP contribution in [-0.2, 0) is 0 Å². The normalized spacial score (nSPS) is 9.57. The van der Waals surface area contributed by atoms with Crippen LogP contribution in [0.5, 0.6) is 5.75 Å². The minimum atomic E-state index is -1.40. The molecule has 0 aliphatic rings. The number of carboxylic acid groups (broad SMARTS) is 1. The lowest BCUT2D eigenvalue weighted by molar-refractivity contribution is 0.0690. The fourth-order valence-electron chi connectivity index (χ4n) is 1.04. The Labute approximate surface area is 78.9 Å². The van der Waals surface area contributed by atoms with Gasteiger partial charge in [0.05, 0.1) is 18.2 Å². The summed E-state index contributed by atoms with van der Waals surface area (Å²) in [6.07, 6.45) is 0.396. The summed E-state index contributed by atoms with van der Waals surface area (Å²) >= 11 is 0. The first-order chi connectivity index (χ1) is 6.61. The number of carbonyl (C=O) groups is 2. The molecule has 0 unspecified atom stereocenters. The lowest BCUT2D eigenvalue weighted by atomic mass is 10.1. The molecule has 0 heterocycles. The van der Waals surface area contributed by atoms with Crippen LogP contribution in [0.3, 0.4) is 0 Å². The Hall–Kier alpha value is -1.91. The van der Waals surface area contributed by atoms with E-state index in [1.165, 1.54) is 6.07 Å². The Morgan fingerprint density at radius 1 is 1.57 bits per heavy atom. The van der Waals surface area contributed by atoms with Crippen LogP contribution in [0.2, 0.25) is 0 Å². The molecule has 74 valence electrons. The Morgan fingerprint density at radius 3 is 2.64 bits per heavy atom. The number of carbonyl (C=O) groups excluding carboxylic acids is 1. The highest BCUT2D eigenvalue weighted by molar-refractivity contribution is 5.91. The molecule has 4 nitrogen and oxygen atoms in total. The summed E-state index contributed by atoms with van der Waals surface area (Å²) in [5, 5.41) is 8.57. The van der Waals surface area contributed by atoms with Gasteiger partial charge in [-0.05, 0) is 12.1 Å². The predicted molar refractivity (Wildman–Crippen MR) is 45.3 cm³/mol. The largest absolute Gasteiger partial charge is 0.493 e. The van der Waals surface area contributed by atoms with Gasteiger partial charge in [-0.3, -0.25) is 4.79 Å². The molecule has 0 amide bonds. The quantitative estimate of drug-likeness (QED) is 0.744. The number of benzene rings is 1. The van der Waals surface area contributed by atoms with Crippen LogP contribution in [0.25, 0.3) is 0 Å². The van der Waals surface area contributed by atoms with Crippen LogP contribution in [0.4, 0.5) is 4.39 Å². The number of hydrogen-bond acceptors (Lipinski definition) is 3. The smallest absolute Gasteiger partial charge is 0.338 e. The zero-order valence-electron chi connectivity index (χ0n) is 7.28. The third-order valence-electron chi connectivity index (χ3n) is 1.69. The summed E-state index contributed by atoms with van der Waals surface area (Å²) in [7, 11) is 1.16. The topological polar surface area (TPSA) is 63.6 Å². The van der Waals surface area contributed by atoms with Gasteiger partial charge in [0.1, 0.15) is 0 Å². The summed E-state index contributed by atoms with van der Waals surface area (Å²) in [6, 6.07) is 2.21. The number of methoxy groups -OCH3 is 1. The molecule has 1 rings (SSSR count). The van der Waals surface area contributed by atoms with E-state index in [4.69, 9.17) is 5.11 Å². The SMILES string of the molecule is COc1c(C=O)ccc(C(=O)O)c1F. The Bertz CT molecular complexity index is 387. The number of carboxylic acids is 1. The first-order valence-corrected chi connectivity index (χ1v) is 3.66. The van der Waals surface area contributed by atoms with Crippen LogP contribution in [0.15, 0.2) is 12.1 Å². The maximum atomic E-state index is 13.3. The molecule has 0 aromatic heterocycles. The van der Waals surface area contributed by atoms with E-state index in [-0.39, 0.29) is 11.3 Å². The van der Waals surface area contributed by atoms with Crippen LogP contribution in [-0.4, -0.2) is 24.5 Å². The van der Waals surface area contributed by atoms with E-state index < -0.39 is 17.3 Å². The van der Waals surface area contributed by atoms with Crippen molar-refractivity contribution in [2.24, 2.45) is 0 Å². The average Bonchev–Trinajstić information content (AvgIpc) is 2.16. The molecule has 0 radical (unpaired) electrons. The number of rotatable bonds is 3. The first-order valence-electron chi connectivity index (χ1n) is 3.66. The van der Waals surface area contributed by atoms with Gasteiger partial charge >= 0.3 is 5.97 Å². The molecule has 1 aromatic carbocycles. The highest BCUT2D eigenvalue weighted by Gasteiger charge is 2.17. The van der Waals surface area contributed by atoms with Crippen molar-refractivity contribution in [2.45, 2.75) is 0 Å². The molecule has 1 aromatic rings. The van der Waals surface area contributed by atoms with E-state index in [2.05, 4.69) is 4.74 Å². The van der Waals surface area contributed by atoms with Gasteiger partial charge in [-0.25, -0.2) is 9.18 Å². The zero-order valence-corrected chi connectivity index (χ0v) is 7.28. The summed E-state index contributed by atoms with van der Waals surface area (Å²) in [5.41, 5.74) is -0.539. The molecular weight excluding hydrogens is 191 g/mol. The summed E-state index contributed by atoms with van der Waals surface area (Å²) in [5.74, 6) is -2.79. The lowest BCUT2D eigenvalue weighted by Gasteiger charge is -2.06. The van der Waals surface area contributed by atoms with E-state index in [0.717, 1.165) is 13.2 Å². The van der Waals surface area contributed by atoms with Crippen molar-refractivity contribution in [3.05, 3.63) is 29.1 Å². The second-order valence-electron chi connectivity index (χ2n) is 2.47. The minimum Gasteiger partial charge on any atom is -0.493 e. The highest BCUT2D eigenvalue weighted by Crippen LogP contribution is 2.24. The molecule has 0 bridgehead atoms. The van der Waals surface area contributed by atoms with Crippen molar-refractivity contribution < 1.29 is 23.8 Å². The fraction of sp³-hybridized carbons (Fsp3) is 0.111. The monoisotopic (exact) mass is 198 g/mol. The van der Waals surface area contributed by atoms with Gasteiger partial charge in [0.25, 0.3) is 0 Å². The Kier molecular flexibility index (Phi) is 2.81. The third kappa shape index (κ3) is 1.56. The maximum Gasteiger partial charge on any atom is 0.338 e. The predicted octanol–water partition coefficient (Wildman–Crippen LogP) is 1.34. The van der Waals surface area contributed by atoms with E-state index in [1.54, 1.807) is 0 Å². The van der Waals surface area contributed by atoms with Gasteiger partial charge in [-0.2, -0.15) is 0 Å². The Morgan fingerprint density at radius 2 is 2.21 bits per heavy atom. The molecule has 1 N–H and O–H groups in total. The standard InChI is InChI=1S/C9H7FO4/c1-14-8-5(4-11)2-3-6(7(8)10)9(12)13/h2-4H,1H3,(H,12,13). The van der Waals surface area contributed by atoms with E-state index in [1.807, 2.05) is 0 Å². The van der Waals surface area contributed by atoms with E-state index in [0.29, 0.717) is 6.29 Å². The number of aldehydes is 1. The van der Waals surface area contributed by atoms with E-state index in [9.17, 15) is 14.0 Å². The van der Waals surface area contributed by atoms with Gasteiger partial charge in [-0.15, -0.1) is 0 Å². The van der Waals surface area contributed by atoms with Crippen LogP contribution in [0, 0.1) is 5.82 Å². The van der Waals surface area contributed by atoms with Crippen molar-refractivity contribution in [1.82, 2.24) is 0 Å². The average molecular weight is 198 g/mol. The zero-order chi connectivity index (χ0) is 10.7. The molecule has 0 atom stereocenters. The van der Waals surface area contributed by atoms with Crippen LogP contribution >= 0.6 is 0 Å². The fourth-order valence-corrected chi connectivity index (χ4v) is 1.04. The van der Waals surface area contributed by atoms with Crippen molar-refractivity contribution in [3.63, 3.8) is 0 Å². The number of aromatic carboxylic acids is 1. The van der Waals surface area contributed by atoms with Gasteiger partial charge < -0.3 is 9.84 Å². The number of halogens is 1. The number of ether oxygens (including phenoxy) is 1. The molecule has 14 heavy (non-hydrogen) atoms. The molecule has 0 fully saturated rings. The lowest BCUT2D eigenvalue weighted by Crippen LogP contribution is -2.04. The molecule has 0 aliphatic carbocycles. The number of hydrogen-bond donors (Lipinski definition) is 1. The van der Waals surface area contributed by atoms with Crippen LogP contribution in [0.1, 0.15) is 20.7 Å². The van der Waals surface area contributed by atoms with E-state index >= 15 is 0 Å². The summed E-state index contributed by atoms with van der Waals surface area (Å²) < 4.78 is 17.9. The van der Waals surface area contributed by atoms with Crippen molar-refractivity contribution >= 4 is 12.3 Å². The second-order valence-corrected chi connectivity index (χ2v) is 2.47. The van der Waals surface area contributed by atoms with Crippen molar-refractivity contribution in [1.29, 1.82) is 0 Å². The van der Waals surface area contributed by atoms with Gasteiger partial charge in [-0.1, -0.05) is 0 Å². The molecule has 0 saturated carbocycles.